The Morgan fingerprint density at radius 3 is 2.48 bits per heavy atom. The van der Waals surface area contributed by atoms with Gasteiger partial charge in [-0.15, -0.1) is 0 Å². The number of carbonyl (C=O) groups is 1. The molecule has 0 spiro atoms. The Kier molecular flexibility index (Phi) is 5.97. The lowest BCUT2D eigenvalue weighted by molar-refractivity contribution is -0.384. The molecule has 1 unspecified atom stereocenters. The van der Waals surface area contributed by atoms with E-state index in [0.29, 0.717) is 46.5 Å². The molecule has 0 amide bonds. The van der Waals surface area contributed by atoms with Crippen LogP contribution in [0.25, 0.3) is 0 Å². The Bertz CT molecular complexity index is 1170. The minimum absolute atomic E-state index is 0.0457. The van der Waals surface area contributed by atoms with E-state index < -0.39 is 11.0 Å². The molecule has 3 aromatic rings. The Labute approximate surface area is 187 Å². The molecular formula is C22H16Cl2N2O5. The fourth-order valence-electron chi connectivity index (χ4n) is 3.38. The maximum Gasteiger partial charge on any atom is 0.293 e. The van der Waals surface area contributed by atoms with E-state index in [0.717, 1.165) is 16.8 Å². The van der Waals surface area contributed by atoms with Crippen LogP contribution in [0.3, 0.4) is 0 Å². The smallest absolute Gasteiger partial charge is 0.293 e. The number of halogens is 2. The number of nitrogens with one attached hydrogen (secondary N) is 1. The van der Waals surface area contributed by atoms with E-state index in [2.05, 4.69) is 5.32 Å². The van der Waals surface area contributed by atoms with Crippen LogP contribution < -0.4 is 10.1 Å². The standard InChI is InChI=1S/C22H16Cl2N2O5/c23-16-5-3-14(10-17(16)24)20(30-12-27)8-2-13-1-6-18-21(9-13)31-22-11-15(26(28)29)4-7-19(22)25-18/h1,3-7,9-12,20,25H,2,8H2. The van der Waals surface area contributed by atoms with Crippen LogP contribution in [-0.2, 0) is 16.0 Å². The molecule has 158 valence electrons. The largest absolute Gasteiger partial charge is 0.460 e. The van der Waals surface area contributed by atoms with Crippen molar-refractivity contribution < 1.29 is 19.2 Å². The maximum atomic E-state index is 11.0. The van der Waals surface area contributed by atoms with Crippen LogP contribution >= 0.6 is 23.2 Å². The predicted octanol–water partition coefficient (Wildman–Crippen LogP) is 6.60. The van der Waals surface area contributed by atoms with Gasteiger partial charge in [-0.1, -0.05) is 35.3 Å². The fraction of sp³-hybridized carbons (Fsp3) is 0.136. The number of fused-ring (bicyclic) bond motifs is 2. The van der Waals surface area contributed by atoms with Crippen molar-refractivity contribution in [1.82, 2.24) is 0 Å². The normalized spacial score (nSPS) is 12.6. The van der Waals surface area contributed by atoms with Crippen LogP contribution in [0.5, 0.6) is 11.5 Å². The van der Waals surface area contributed by atoms with E-state index in [-0.39, 0.29) is 5.69 Å². The van der Waals surface area contributed by atoms with Gasteiger partial charge in [0.05, 0.1) is 32.4 Å². The number of benzene rings is 3. The molecule has 0 saturated carbocycles. The molecule has 1 aliphatic heterocycles. The zero-order valence-corrected chi connectivity index (χ0v) is 17.5. The molecule has 1 aliphatic rings. The summed E-state index contributed by atoms with van der Waals surface area (Å²) < 4.78 is 11.1. The first-order chi connectivity index (χ1) is 14.9. The van der Waals surface area contributed by atoms with Crippen molar-refractivity contribution in [3.63, 3.8) is 0 Å². The first kappa shape index (κ1) is 21.0. The molecule has 0 aliphatic carbocycles. The highest BCUT2D eigenvalue weighted by molar-refractivity contribution is 6.42. The van der Waals surface area contributed by atoms with Gasteiger partial charge in [-0.25, -0.2) is 0 Å². The van der Waals surface area contributed by atoms with Crippen LogP contribution in [-0.4, -0.2) is 11.4 Å². The van der Waals surface area contributed by atoms with Gasteiger partial charge in [0.2, 0.25) is 0 Å². The number of nitro groups is 1. The number of non-ortho nitro benzene ring substituents is 1. The van der Waals surface area contributed by atoms with Gasteiger partial charge in [0, 0.05) is 6.07 Å². The molecule has 9 heteroatoms. The van der Waals surface area contributed by atoms with Crippen molar-refractivity contribution in [2.75, 3.05) is 5.32 Å². The van der Waals surface area contributed by atoms with E-state index in [1.165, 1.54) is 12.1 Å². The number of nitrogens with zero attached hydrogens (tertiary/aromatic N) is 1. The Hall–Kier alpha value is -3.29. The number of aryl methyl sites for hydroxylation is 1. The molecule has 0 bridgehead atoms. The second-order valence-electron chi connectivity index (χ2n) is 6.93. The first-order valence-electron chi connectivity index (χ1n) is 9.35. The van der Waals surface area contributed by atoms with Gasteiger partial charge in [-0.2, -0.15) is 0 Å². The molecule has 4 rings (SSSR count). The number of ether oxygens (including phenoxy) is 2. The molecule has 0 aromatic heterocycles. The Morgan fingerprint density at radius 2 is 1.77 bits per heavy atom. The van der Waals surface area contributed by atoms with Gasteiger partial charge in [-0.3, -0.25) is 14.9 Å². The number of rotatable bonds is 7. The maximum absolute atomic E-state index is 11.0. The van der Waals surface area contributed by atoms with E-state index in [1.54, 1.807) is 24.3 Å². The van der Waals surface area contributed by atoms with Crippen LogP contribution in [0.15, 0.2) is 54.6 Å². The third-order valence-electron chi connectivity index (χ3n) is 4.94. The molecule has 1 heterocycles. The molecule has 0 fully saturated rings. The number of carbonyl (C=O) groups excluding carboxylic acids is 1. The molecule has 31 heavy (non-hydrogen) atoms. The third-order valence-corrected chi connectivity index (χ3v) is 5.68. The lowest BCUT2D eigenvalue weighted by Gasteiger charge is -2.22. The summed E-state index contributed by atoms with van der Waals surface area (Å²) in [6.07, 6.45) is 0.632. The van der Waals surface area contributed by atoms with Crippen LogP contribution in [0.4, 0.5) is 17.1 Å². The molecule has 1 atom stereocenters. The molecule has 0 radical (unpaired) electrons. The lowest BCUT2D eigenvalue weighted by atomic mass is 10.0. The minimum atomic E-state index is -0.481. The summed E-state index contributed by atoms with van der Waals surface area (Å²) in [5.74, 6) is 0.949. The predicted molar refractivity (Wildman–Crippen MR) is 118 cm³/mol. The fourth-order valence-corrected chi connectivity index (χ4v) is 3.68. The summed E-state index contributed by atoms with van der Waals surface area (Å²) in [5.41, 5.74) is 3.07. The summed E-state index contributed by atoms with van der Waals surface area (Å²) in [5, 5.41) is 15.0. The van der Waals surface area contributed by atoms with E-state index in [4.69, 9.17) is 32.7 Å². The van der Waals surface area contributed by atoms with Crippen molar-refractivity contribution in [3.05, 3.63) is 85.9 Å². The SMILES string of the molecule is O=COC(CCc1ccc2c(c1)Oc1cc([N+](=O)[O-])ccc1N2)c1ccc(Cl)c(Cl)c1. The van der Waals surface area contributed by atoms with Gasteiger partial charge in [0.25, 0.3) is 12.2 Å². The Balaban J connectivity index is 1.51. The van der Waals surface area contributed by atoms with Crippen LogP contribution in [0.2, 0.25) is 10.0 Å². The zero-order valence-electron chi connectivity index (χ0n) is 16.0. The molecule has 1 N–H and O–H groups in total. The summed E-state index contributed by atoms with van der Waals surface area (Å²) in [6, 6.07) is 15.2. The summed E-state index contributed by atoms with van der Waals surface area (Å²) in [4.78, 5) is 21.5. The summed E-state index contributed by atoms with van der Waals surface area (Å²) in [6.45, 7) is 0.414. The highest BCUT2D eigenvalue weighted by Gasteiger charge is 2.20. The van der Waals surface area contributed by atoms with Gasteiger partial charge >= 0.3 is 0 Å². The number of nitro benzene ring substituents is 1. The van der Waals surface area contributed by atoms with Crippen LogP contribution in [0.1, 0.15) is 23.7 Å². The quantitative estimate of drug-likeness (QED) is 0.190. The summed E-state index contributed by atoms with van der Waals surface area (Å²) in [7, 11) is 0. The lowest BCUT2D eigenvalue weighted by Crippen LogP contribution is -2.06. The van der Waals surface area contributed by atoms with Crippen molar-refractivity contribution in [2.24, 2.45) is 0 Å². The third kappa shape index (κ3) is 4.57. The van der Waals surface area contributed by atoms with Gasteiger partial charge in [0.1, 0.15) is 6.10 Å². The average molecular weight is 459 g/mol. The van der Waals surface area contributed by atoms with Crippen molar-refractivity contribution in [3.8, 4) is 11.5 Å². The highest BCUT2D eigenvalue weighted by Crippen LogP contribution is 2.43. The Morgan fingerprint density at radius 1 is 1.03 bits per heavy atom. The highest BCUT2D eigenvalue weighted by atomic mass is 35.5. The van der Waals surface area contributed by atoms with E-state index in [9.17, 15) is 14.9 Å². The zero-order chi connectivity index (χ0) is 22.0. The van der Waals surface area contributed by atoms with E-state index >= 15 is 0 Å². The monoisotopic (exact) mass is 458 g/mol. The topological polar surface area (TPSA) is 90.7 Å². The average Bonchev–Trinajstić information content (AvgIpc) is 2.76. The van der Waals surface area contributed by atoms with Crippen molar-refractivity contribution >= 4 is 46.7 Å². The van der Waals surface area contributed by atoms with Gasteiger partial charge in [0.15, 0.2) is 11.5 Å². The second kappa shape index (κ2) is 8.83. The summed E-state index contributed by atoms with van der Waals surface area (Å²) >= 11 is 12.1. The van der Waals surface area contributed by atoms with Crippen molar-refractivity contribution in [1.29, 1.82) is 0 Å². The van der Waals surface area contributed by atoms with E-state index in [1.807, 2.05) is 18.2 Å². The van der Waals surface area contributed by atoms with Gasteiger partial charge in [-0.05, 0) is 54.3 Å². The van der Waals surface area contributed by atoms with Gasteiger partial charge < -0.3 is 14.8 Å². The minimum Gasteiger partial charge on any atom is -0.460 e. The first-order valence-corrected chi connectivity index (χ1v) is 10.1. The molecular weight excluding hydrogens is 443 g/mol. The van der Waals surface area contributed by atoms with Crippen LogP contribution in [0, 0.1) is 10.1 Å². The van der Waals surface area contributed by atoms with Crippen molar-refractivity contribution in [2.45, 2.75) is 18.9 Å². The molecule has 0 saturated heterocycles. The molecule has 3 aromatic carbocycles. The number of anilines is 2. The number of hydrogen-bond donors (Lipinski definition) is 1. The number of hydrogen-bond acceptors (Lipinski definition) is 6. The second-order valence-corrected chi connectivity index (χ2v) is 7.74. The molecule has 7 nitrogen and oxygen atoms in total.